The molecule has 0 atom stereocenters. The first-order valence-corrected chi connectivity index (χ1v) is 13.9. The summed E-state index contributed by atoms with van der Waals surface area (Å²) >= 11 is 0. The normalized spacial score (nSPS) is 15.1. The van der Waals surface area contributed by atoms with Crippen molar-refractivity contribution in [2.24, 2.45) is 0 Å². The van der Waals surface area contributed by atoms with Gasteiger partial charge in [-0.05, 0) is 67.4 Å². The number of aromatic nitrogens is 6. The molecule has 4 aromatic heterocycles. The number of fused-ring (bicyclic) bond motifs is 2. The molecule has 6 rings (SSSR count). The van der Waals surface area contributed by atoms with Crippen LogP contribution in [0.25, 0.3) is 44.7 Å². The maximum absolute atomic E-state index is 14.5. The van der Waals surface area contributed by atoms with E-state index in [1.54, 1.807) is 18.5 Å². The monoisotopic (exact) mass is 520 g/mol. The number of hydrogen-bond acceptors (Lipinski definition) is 7. The van der Waals surface area contributed by atoms with Gasteiger partial charge in [-0.25, -0.2) is 27.5 Å². The van der Waals surface area contributed by atoms with Crippen LogP contribution in [0.1, 0.15) is 30.0 Å². The summed E-state index contributed by atoms with van der Waals surface area (Å²) < 4.78 is 39.9. The molecular weight excluding hydrogens is 495 g/mol. The Morgan fingerprint density at radius 1 is 1.05 bits per heavy atom. The van der Waals surface area contributed by atoms with Gasteiger partial charge >= 0.3 is 0 Å². The zero-order valence-corrected chi connectivity index (χ0v) is 20.9. The topological polar surface area (TPSA) is 141 Å². The van der Waals surface area contributed by atoms with Gasteiger partial charge in [0, 0.05) is 29.9 Å². The summed E-state index contributed by atoms with van der Waals surface area (Å²) in [5.41, 5.74) is 6.12. The van der Waals surface area contributed by atoms with Crippen LogP contribution in [0.5, 0.6) is 0 Å². The average Bonchev–Trinajstić information content (AvgIpc) is 3.51. The molecule has 1 fully saturated rings. The third-order valence-corrected chi connectivity index (χ3v) is 7.28. The standard InChI is InChI=1S/C25H25FN8O2S/c1-37(35,36)29-11-14-8-16(10-17(26)9-14)18-12-28-13-21-22(18)32-25(31-21)24-23-20(33-34-24)3-2-19(30-23)15-4-6-27-7-5-15/h2-3,8-10,12-13,15,27,29H,4-7,11H2,1H3,(H,31,32)(H,33,34). The van der Waals surface area contributed by atoms with E-state index in [1.807, 2.05) is 6.07 Å². The van der Waals surface area contributed by atoms with Crippen LogP contribution in [0.2, 0.25) is 0 Å². The molecule has 10 nitrogen and oxygen atoms in total. The summed E-state index contributed by atoms with van der Waals surface area (Å²) in [6.45, 7) is 1.94. The van der Waals surface area contributed by atoms with Gasteiger partial charge in [0.1, 0.15) is 11.3 Å². The summed E-state index contributed by atoms with van der Waals surface area (Å²) in [7, 11) is -3.42. The van der Waals surface area contributed by atoms with E-state index in [0.717, 1.165) is 48.9 Å². The van der Waals surface area contributed by atoms with Gasteiger partial charge in [-0.2, -0.15) is 5.10 Å². The van der Waals surface area contributed by atoms with Gasteiger partial charge < -0.3 is 10.3 Å². The molecule has 1 aromatic carbocycles. The van der Waals surface area contributed by atoms with Gasteiger partial charge in [0.25, 0.3) is 0 Å². The third-order valence-electron chi connectivity index (χ3n) is 6.61. The van der Waals surface area contributed by atoms with E-state index in [-0.39, 0.29) is 6.54 Å². The molecule has 4 N–H and O–H groups in total. The zero-order valence-electron chi connectivity index (χ0n) is 20.0. The van der Waals surface area contributed by atoms with Crippen molar-refractivity contribution in [3.8, 4) is 22.6 Å². The number of hydrogen-bond donors (Lipinski definition) is 4. The lowest BCUT2D eigenvalue weighted by molar-refractivity contribution is 0.454. The lowest BCUT2D eigenvalue weighted by Gasteiger charge is -2.22. The average molecular weight is 521 g/mol. The second-order valence-corrected chi connectivity index (χ2v) is 11.2. The Balaban J connectivity index is 1.40. The van der Waals surface area contributed by atoms with Crippen LogP contribution >= 0.6 is 0 Å². The number of nitrogens with zero attached hydrogens (tertiary/aromatic N) is 4. The minimum Gasteiger partial charge on any atom is -0.335 e. The van der Waals surface area contributed by atoms with Crippen LogP contribution in [0, 0.1) is 5.82 Å². The van der Waals surface area contributed by atoms with Crippen molar-refractivity contribution in [1.29, 1.82) is 0 Å². The number of halogens is 1. The summed E-state index contributed by atoms with van der Waals surface area (Å²) in [5, 5.41) is 10.9. The van der Waals surface area contributed by atoms with E-state index in [9.17, 15) is 12.8 Å². The molecule has 0 bridgehead atoms. The van der Waals surface area contributed by atoms with Crippen molar-refractivity contribution >= 4 is 32.1 Å². The van der Waals surface area contributed by atoms with Gasteiger partial charge in [-0.3, -0.25) is 10.1 Å². The molecule has 5 aromatic rings. The lowest BCUT2D eigenvalue weighted by atomic mass is 9.94. The minimum atomic E-state index is -3.42. The van der Waals surface area contributed by atoms with Gasteiger partial charge in [-0.1, -0.05) is 0 Å². The largest absolute Gasteiger partial charge is 0.335 e. The number of imidazole rings is 1. The van der Waals surface area contributed by atoms with Crippen molar-refractivity contribution in [3.05, 3.63) is 59.8 Å². The van der Waals surface area contributed by atoms with Crippen molar-refractivity contribution in [3.63, 3.8) is 0 Å². The lowest BCUT2D eigenvalue weighted by Crippen LogP contribution is -2.27. The molecule has 1 aliphatic rings. The van der Waals surface area contributed by atoms with E-state index in [2.05, 4.69) is 36.3 Å². The molecule has 1 saturated heterocycles. The minimum absolute atomic E-state index is 0.0247. The van der Waals surface area contributed by atoms with Crippen molar-refractivity contribution in [1.82, 2.24) is 40.2 Å². The van der Waals surface area contributed by atoms with Crippen LogP contribution in [-0.2, 0) is 16.6 Å². The Bertz CT molecular complexity index is 1720. The smallest absolute Gasteiger partial charge is 0.209 e. The van der Waals surface area contributed by atoms with Crippen molar-refractivity contribution in [2.45, 2.75) is 25.3 Å². The number of sulfonamides is 1. The van der Waals surface area contributed by atoms with Crippen molar-refractivity contribution in [2.75, 3.05) is 19.3 Å². The van der Waals surface area contributed by atoms with Gasteiger partial charge in [0.15, 0.2) is 11.5 Å². The van der Waals surface area contributed by atoms with E-state index < -0.39 is 15.8 Å². The first-order valence-electron chi connectivity index (χ1n) is 12.0. The molecule has 0 amide bonds. The van der Waals surface area contributed by atoms with Crippen LogP contribution in [0.4, 0.5) is 4.39 Å². The first-order chi connectivity index (χ1) is 17.8. The van der Waals surface area contributed by atoms with Gasteiger partial charge in [0.2, 0.25) is 10.0 Å². The number of nitrogens with one attached hydrogen (secondary N) is 4. The highest BCUT2D eigenvalue weighted by atomic mass is 32.2. The van der Waals surface area contributed by atoms with E-state index in [1.165, 1.54) is 12.1 Å². The Labute approximate surface area is 212 Å². The van der Waals surface area contributed by atoms with E-state index >= 15 is 0 Å². The first kappa shape index (κ1) is 23.6. The van der Waals surface area contributed by atoms with Crippen LogP contribution < -0.4 is 10.0 Å². The number of benzene rings is 1. The van der Waals surface area contributed by atoms with Crippen LogP contribution in [-0.4, -0.2) is 57.9 Å². The molecule has 0 unspecified atom stereocenters. The fourth-order valence-electron chi connectivity index (χ4n) is 4.80. The molecule has 37 heavy (non-hydrogen) atoms. The molecule has 0 saturated carbocycles. The fraction of sp³-hybridized carbons (Fsp3) is 0.280. The number of H-pyrrole nitrogens is 2. The van der Waals surface area contributed by atoms with Gasteiger partial charge in [-0.15, -0.1) is 0 Å². The molecule has 5 heterocycles. The van der Waals surface area contributed by atoms with Crippen LogP contribution in [0.3, 0.4) is 0 Å². The molecule has 0 radical (unpaired) electrons. The highest BCUT2D eigenvalue weighted by Gasteiger charge is 2.21. The highest BCUT2D eigenvalue weighted by Crippen LogP contribution is 2.32. The van der Waals surface area contributed by atoms with E-state index in [0.29, 0.717) is 45.2 Å². The Morgan fingerprint density at radius 2 is 1.89 bits per heavy atom. The molecule has 0 spiro atoms. The molecular formula is C25H25FN8O2S. The van der Waals surface area contributed by atoms with E-state index in [4.69, 9.17) is 9.97 Å². The van der Waals surface area contributed by atoms with Crippen LogP contribution in [0.15, 0.2) is 42.7 Å². The van der Waals surface area contributed by atoms with Crippen molar-refractivity contribution < 1.29 is 12.8 Å². The molecule has 0 aliphatic carbocycles. The summed E-state index contributed by atoms with van der Waals surface area (Å²) in [5.74, 6) is 0.448. The maximum atomic E-state index is 14.5. The molecule has 12 heteroatoms. The number of piperidine rings is 1. The Kier molecular flexibility index (Phi) is 5.94. The summed E-state index contributed by atoms with van der Waals surface area (Å²) in [6, 6.07) is 8.47. The fourth-order valence-corrected chi connectivity index (χ4v) is 5.23. The second kappa shape index (κ2) is 9.29. The Hall–Kier alpha value is -3.74. The predicted octanol–water partition coefficient (Wildman–Crippen LogP) is 3.22. The second-order valence-electron chi connectivity index (χ2n) is 9.34. The Morgan fingerprint density at radius 3 is 2.70 bits per heavy atom. The maximum Gasteiger partial charge on any atom is 0.209 e. The zero-order chi connectivity index (χ0) is 25.6. The summed E-state index contributed by atoms with van der Waals surface area (Å²) in [4.78, 5) is 17.3. The number of rotatable bonds is 6. The quantitative estimate of drug-likeness (QED) is 0.269. The third kappa shape index (κ3) is 4.82. The number of pyridine rings is 2. The summed E-state index contributed by atoms with van der Waals surface area (Å²) in [6.07, 6.45) is 6.42. The number of aromatic amines is 2. The van der Waals surface area contributed by atoms with Gasteiger partial charge in [0.05, 0.1) is 29.0 Å². The predicted molar refractivity (Wildman–Crippen MR) is 139 cm³/mol. The molecule has 1 aliphatic heterocycles. The SMILES string of the molecule is CS(=O)(=O)NCc1cc(F)cc(-c2cncc3[nH]c(-c4n[nH]c5ccc(C6CCNCC6)nc45)nc23)c1. The molecule has 190 valence electrons. The highest BCUT2D eigenvalue weighted by molar-refractivity contribution is 7.88.